The molecule has 0 atom stereocenters. The average Bonchev–Trinajstić information content (AvgIpc) is 2.69. The second-order valence-corrected chi connectivity index (χ2v) is 6.34. The summed E-state index contributed by atoms with van der Waals surface area (Å²) >= 11 is 0. The van der Waals surface area contributed by atoms with Crippen LogP contribution in [0, 0.1) is 0 Å². The summed E-state index contributed by atoms with van der Waals surface area (Å²) in [5, 5.41) is 3.47. The number of aromatic nitrogens is 3. The summed E-state index contributed by atoms with van der Waals surface area (Å²) in [5.41, 5.74) is 1.85. The van der Waals surface area contributed by atoms with E-state index < -0.39 is 0 Å². The number of anilines is 1. The zero-order chi connectivity index (χ0) is 17.5. The molecule has 1 fully saturated rings. The normalized spacial score (nSPS) is 16.1. The molecule has 134 valence electrons. The molecule has 3 heterocycles. The van der Waals surface area contributed by atoms with Crippen LogP contribution in [0.15, 0.2) is 30.5 Å². The van der Waals surface area contributed by atoms with Crippen LogP contribution in [0.1, 0.15) is 19.5 Å². The van der Waals surface area contributed by atoms with Gasteiger partial charge in [0.1, 0.15) is 11.5 Å². The zero-order valence-corrected chi connectivity index (χ0v) is 15.3. The van der Waals surface area contributed by atoms with Crippen LogP contribution >= 0.6 is 0 Å². The number of pyridine rings is 1. The quantitative estimate of drug-likeness (QED) is 0.833. The first kappa shape index (κ1) is 17.8. The van der Waals surface area contributed by atoms with E-state index in [0.29, 0.717) is 5.82 Å². The Hall–Kier alpha value is -2.05. The van der Waals surface area contributed by atoms with Crippen molar-refractivity contribution < 1.29 is 0 Å². The Morgan fingerprint density at radius 1 is 1.04 bits per heavy atom. The van der Waals surface area contributed by atoms with Crippen molar-refractivity contribution in [1.29, 1.82) is 0 Å². The van der Waals surface area contributed by atoms with Crippen molar-refractivity contribution in [3.63, 3.8) is 0 Å². The molecule has 2 aromatic heterocycles. The molecule has 0 unspecified atom stereocenters. The Kier molecular flexibility index (Phi) is 6.30. The van der Waals surface area contributed by atoms with Crippen LogP contribution in [0.3, 0.4) is 0 Å². The molecule has 1 saturated heterocycles. The molecule has 3 rings (SSSR count). The molecule has 2 aromatic rings. The minimum atomic E-state index is 0.694. The minimum Gasteiger partial charge on any atom is -0.369 e. The van der Waals surface area contributed by atoms with E-state index in [1.165, 1.54) is 13.1 Å². The largest absolute Gasteiger partial charge is 0.369 e. The lowest BCUT2D eigenvalue weighted by Crippen LogP contribution is -2.47. The predicted octanol–water partition coefficient (Wildman–Crippen LogP) is 2.15. The van der Waals surface area contributed by atoms with Crippen LogP contribution in [-0.4, -0.2) is 70.6 Å². The smallest absolute Gasteiger partial charge is 0.180 e. The third kappa shape index (κ3) is 4.96. The molecular formula is C19H28N6. The molecule has 0 aromatic carbocycles. The Morgan fingerprint density at radius 2 is 1.84 bits per heavy atom. The first-order chi connectivity index (χ1) is 12.3. The maximum absolute atomic E-state index is 4.65. The van der Waals surface area contributed by atoms with Gasteiger partial charge in [0.05, 0.1) is 0 Å². The van der Waals surface area contributed by atoms with E-state index in [4.69, 9.17) is 0 Å². The summed E-state index contributed by atoms with van der Waals surface area (Å²) in [5.74, 6) is 1.58. The van der Waals surface area contributed by atoms with Crippen molar-refractivity contribution in [3.8, 4) is 11.5 Å². The van der Waals surface area contributed by atoms with Crippen LogP contribution in [0.2, 0.25) is 0 Å². The number of hydrogen-bond donors (Lipinski definition) is 1. The molecule has 0 aliphatic carbocycles. The summed E-state index contributed by atoms with van der Waals surface area (Å²) in [4.78, 5) is 18.6. The summed E-state index contributed by atoms with van der Waals surface area (Å²) in [6.07, 6.45) is 2.66. The van der Waals surface area contributed by atoms with E-state index in [9.17, 15) is 0 Å². The number of aryl methyl sites for hydroxylation is 1. The third-order valence-corrected chi connectivity index (χ3v) is 4.68. The van der Waals surface area contributed by atoms with E-state index in [-0.39, 0.29) is 0 Å². The van der Waals surface area contributed by atoms with Crippen molar-refractivity contribution in [2.24, 2.45) is 0 Å². The van der Waals surface area contributed by atoms with Crippen LogP contribution in [0.5, 0.6) is 0 Å². The highest BCUT2D eigenvalue weighted by atomic mass is 15.3. The van der Waals surface area contributed by atoms with Gasteiger partial charge in [0.15, 0.2) is 5.82 Å². The fourth-order valence-corrected chi connectivity index (χ4v) is 3.05. The van der Waals surface area contributed by atoms with Crippen molar-refractivity contribution >= 4 is 5.82 Å². The molecule has 0 amide bonds. The topological polar surface area (TPSA) is 57.2 Å². The molecule has 1 aliphatic rings. The second kappa shape index (κ2) is 8.87. The lowest BCUT2D eigenvalue weighted by molar-refractivity contribution is 0.141. The SMILES string of the molecule is CCc1cc(NCCN2CCN(CC)CC2)nc(-c2ccccn2)n1. The van der Waals surface area contributed by atoms with Gasteiger partial charge in [0, 0.05) is 57.2 Å². The Morgan fingerprint density at radius 3 is 2.52 bits per heavy atom. The summed E-state index contributed by atoms with van der Waals surface area (Å²) in [7, 11) is 0. The lowest BCUT2D eigenvalue weighted by atomic mass is 10.2. The van der Waals surface area contributed by atoms with E-state index in [1.54, 1.807) is 6.20 Å². The standard InChI is InChI=1S/C19H28N6/c1-3-16-15-18(23-19(22-16)17-7-5-6-8-20-17)21-9-10-25-13-11-24(4-2)12-14-25/h5-8,15H,3-4,9-14H2,1-2H3,(H,21,22,23). The molecule has 0 bridgehead atoms. The van der Waals surface area contributed by atoms with Gasteiger partial charge in [-0.25, -0.2) is 9.97 Å². The first-order valence-electron chi connectivity index (χ1n) is 9.26. The van der Waals surface area contributed by atoms with Crippen LogP contribution in [0.4, 0.5) is 5.82 Å². The van der Waals surface area contributed by atoms with Crippen molar-refractivity contribution in [3.05, 3.63) is 36.2 Å². The maximum atomic E-state index is 4.65. The van der Waals surface area contributed by atoms with Gasteiger partial charge in [-0.1, -0.05) is 19.9 Å². The summed E-state index contributed by atoms with van der Waals surface area (Å²) in [6, 6.07) is 7.87. The molecular weight excluding hydrogens is 312 g/mol. The molecule has 1 N–H and O–H groups in total. The number of nitrogens with zero attached hydrogens (tertiary/aromatic N) is 5. The van der Waals surface area contributed by atoms with Crippen molar-refractivity contribution in [2.45, 2.75) is 20.3 Å². The Balaban J connectivity index is 1.59. The van der Waals surface area contributed by atoms with Crippen LogP contribution in [-0.2, 0) is 6.42 Å². The molecule has 0 spiro atoms. The van der Waals surface area contributed by atoms with Gasteiger partial charge in [-0.15, -0.1) is 0 Å². The number of piperazine rings is 1. The predicted molar refractivity (Wildman–Crippen MR) is 102 cm³/mol. The van der Waals surface area contributed by atoms with E-state index in [0.717, 1.165) is 56.4 Å². The van der Waals surface area contributed by atoms with Gasteiger partial charge < -0.3 is 10.2 Å². The fraction of sp³-hybridized carbons (Fsp3) is 0.526. The lowest BCUT2D eigenvalue weighted by Gasteiger charge is -2.34. The summed E-state index contributed by atoms with van der Waals surface area (Å²) in [6.45, 7) is 12.1. The number of hydrogen-bond acceptors (Lipinski definition) is 6. The molecule has 6 nitrogen and oxygen atoms in total. The van der Waals surface area contributed by atoms with Gasteiger partial charge in [0.2, 0.25) is 0 Å². The van der Waals surface area contributed by atoms with E-state index >= 15 is 0 Å². The Labute approximate surface area is 150 Å². The molecule has 6 heteroatoms. The molecule has 25 heavy (non-hydrogen) atoms. The Bertz CT molecular complexity index is 652. The van der Waals surface area contributed by atoms with E-state index in [1.807, 2.05) is 24.3 Å². The number of likely N-dealkylation sites (N-methyl/N-ethyl adjacent to an activating group) is 1. The first-order valence-corrected chi connectivity index (χ1v) is 9.26. The third-order valence-electron chi connectivity index (χ3n) is 4.68. The van der Waals surface area contributed by atoms with Gasteiger partial charge in [-0.3, -0.25) is 9.88 Å². The van der Waals surface area contributed by atoms with Crippen molar-refractivity contribution in [1.82, 2.24) is 24.8 Å². The number of rotatable bonds is 7. The molecule has 1 aliphatic heterocycles. The van der Waals surface area contributed by atoms with Crippen LogP contribution in [0.25, 0.3) is 11.5 Å². The fourth-order valence-electron chi connectivity index (χ4n) is 3.05. The minimum absolute atomic E-state index is 0.694. The van der Waals surface area contributed by atoms with Gasteiger partial charge in [-0.05, 0) is 25.1 Å². The highest BCUT2D eigenvalue weighted by molar-refractivity contribution is 5.52. The van der Waals surface area contributed by atoms with E-state index in [2.05, 4.69) is 43.9 Å². The van der Waals surface area contributed by atoms with Gasteiger partial charge in [-0.2, -0.15) is 0 Å². The molecule has 0 radical (unpaired) electrons. The zero-order valence-electron chi connectivity index (χ0n) is 15.3. The number of nitrogens with one attached hydrogen (secondary N) is 1. The molecule has 0 saturated carbocycles. The van der Waals surface area contributed by atoms with Gasteiger partial charge >= 0.3 is 0 Å². The van der Waals surface area contributed by atoms with Crippen LogP contribution < -0.4 is 5.32 Å². The highest BCUT2D eigenvalue weighted by Crippen LogP contribution is 2.16. The highest BCUT2D eigenvalue weighted by Gasteiger charge is 2.15. The van der Waals surface area contributed by atoms with Gasteiger partial charge in [0.25, 0.3) is 0 Å². The average molecular weight is 340 g/mol. The van der Waals surface area contributed by atoms with Crippen molar-refractivity contribution in [2.75, 3.05) is 51.1 Å². The second-order valence-electron chi connectivity index (χ2n) is 6.34. The summed E-state index contributed by atoms with van der Waals surface area (Å²) < 4.78 is 0. The monoisotopic (exact) mass is 340 g/mol. The maximum Gasteiger partial charge on any atom is 0.180 e.